The van der Waals surface area contributed by atoms with Crippen molar-refractivity contribution in [2.24, 2.45) is 5.41 Å². The highest BCUT2D eigenvalue weighted by molar-refractivity contribution is 6.31. The second-order valence-electron chi connectivity index (χ2n) is 5.56. The predicted molar refractivity (Wildman–Crippen MR) is 80.6 cm³/mol. The number of likely N-dealkylation sites (tertiary alicyclic amines) is 1. The van der Waals surface area contributed by atoms with Crippen molar-refractivity contribution in [1.82, 2.24) is 9.47 Å². The summed E-state index contributed by atoms with van der Waals surface area (Å²) in [5.74, 6) is -0.823. The van der Waals surface area contributed by atoms with Gasteiger partial charge in [0.1, 0.15) is 5.69 Å². The summed E-state index contributed by atoms with van der Waals surface area (Å²) in [6.45, 7) is 5.48. The molecule has 1 saturated heterocycles. The number of piperidine rings is 1. The average Bonchev–Trinajstić information content (AvgIpc) is 2.87. The Bertz CT molecular complexity index is 545. The van der Waals surface area contributed by atoms with E-state index in [4.69, 9.17) is 11.6 Å². The zero-order valence-corrected chi connectivity index (χ0v) is 13.2. The van der Waals surface area contributed by atoms with Crippen molar-refractivity contribution in [1.29, 1.82) is 0 Å². The largest absolute Gasteiger partial charge is 0.481 e. The van der Waals surface area contributed by atoms with Crippen LogP contribution in [0.25, 0.3) is 0 Å². The number of carbonyl (C=O) groups is 2. The molecule has 0 aromatic carbocycles. The number of aryl methyl sites for hydroxylation is 1. The number of aliphatic carboxylic acids is 1. The number of hydrogen-bond donors (Lipinski definition) is 1. The zero-order chi connectivity index (χ0) is 15.6. The maximum absolute atomic E-state index is 12.6. The number of carboxylic acid groups (broad SMARTS) is 1. The fourth-order valence-electron chi connectivity index (χ4n) is 2.93. The second-order valence-corrected chi connectivity index (χ2v) is 6.00. The molecule has 0 bridgehead atoms. The van der Waals surface area contributed by atoms with Crippen LogP contribution in [0.5, 0.6) is 0 Å². The number of hydrogen-bond acceptors (Lipinski definition) is 2. The van der Waals surface area contributed by atoms with Gasteiger partial charge in [-0.25, -0.2) is 0 Å². The minimum atomic E-state index is -0.753. The molecule has 5 nitrogen and oxygen atoms in total. The van der Waals surface area contributed by atoms with E-state index >= 15 is 0 Å². The third-order valence-corrected chi connectivity index (χ3v) is 4.77. The molecule has 1 N–H and O–H groups in total. The van der Waals surface area contributed by atoms with Crippen LogP contribution >= 0.6 is 11.6 Å². The highest BCUT2D eigenvalue weighted by Crippen LogP contribution is 2.35. The van der Waals surface area contributed by atoms with E-state index < -0.39 is 11.4 Å². The Hall–Kier alpha value is -1.49. The summed E-state index contributed by atoms with van der Waals surface area (Å²) >= 11 is 5.97. The van der Waals surface area contributed by atoms with Gasteiger partial charge < -0.3 is 14.6 Å². The first-order valence-electron chi connectivity index (χ1n) is 7.32. The molecule has 1 aromatic rings. The lowest BCUT2D eigenvalue weighted by molar-refractivity contribution is -0.152. The average molecular weight is 313 g/mol. The summed E-state index contributed by atoms with van der Waals surface area (Å²) in [7, 11) is 0. The topological polar surface area (TPSA) is 62.5 Å². The molecule has 0 radical (unpaired) electrons. The van der Waals surface area contributed by atoms with Crippen molar-refractivity contribution in [2.75, 3.05) is 13.1 Å². The zero-order valence-electron chi connectivity index (χ0n) is 12.4. The van der Waals surface area contributed by atoms with Gasteiger partial charge in [-0.05, 0) is 32.3 Å². The second kappa shape index (κ2) is 6.10. The number of halogens is 1. The Morgan fingerprint density at radius 2 is 1.95 bits per heavy atom. The lowest BCUT2D eigenvalue weighted by atomic mass is 9.76. The Balaban J connectivity index is 2.11. The molecule has 6 heteroatoms. The van der Waals surface area contributed by atoms with Gasteiger partial charge in [0.2, 0.25) is 0 Å². The van der Waals surface area contributed by atoms with Gasteiger partial charge in [-0.3, -0.25) is 9.59 Å². The van der Waals surface area contributed by atoms with Crippen LogP contribution in [0.3, 0.4) is 0 Å². The predicted octanol–water partition coefficient (Wildman–Crippen LogP) is 2.88. The van der Waals surface area contributed by atoms with Crippen molar-refractivity contribution in [2.45, 2.75) is 39.7 Å². The molecule has 116 valence electrons. The Morgan fingerprint density at radius 1 is 1.33 bits per heavy atom. The molecule has 1 amide bonds. The van der Waals surface area contributed by atoms with Crippen LogP contribution < -0.4 is 0 Å². The number of nitrogens with zero attached hydrogens (tertiary/aromatic N) is 2. The lowest BCUT2D eigenvalue weighted by Gasteiger charge is -2.38. The van der Waals surface area contributed by atoms with Crippen molar-refractivity contribution in [3.05, 3.63) is 23.0 Å². The van der Waals surface area contributed by atoms with Crippen molar-refractivity contribution in [3.8, 4) is 0 Å². The quantitative estimate of drug-likeness (QED) is 0.930. The molecule has 1 aliphatic heterocycles. The summed E-state index contributed by atoms with van der Waals surface area (Å²) in [6, 6.07) is 1.67. The fraction of sp³-hybridized carbons (Fsp3) is 0.600. The molecule has 0 aliphatic carbocycles. The number of amides is 1. The minimum Gasteiger partial charge on any atom is -0.481 e. The summed E-state index contributed by atoms with van der Waals surface area (Å²) < 4.78 is 1.82. The first-order valence-corrected chi connectivity index (χ1v) is 7.69. The van der Waals surface area contributed by atoms with Crippen LogP contribution in [0.1, 0.15) is 43.6 Å². The van der Waals surface area contributed by atoms with Gasteiger partial charge in [0, 0.05) is 25.8 Å². The first kappa shape index (κ1) is 15.9. The van der Waals surface area contributed by atoms with E-state index in [0.29, 0.717) is 49.6 Å². The van der Waals surface area contributed by atoms with Crippen LogP contribution in [0.15, 0.2) is 12.3 Å². The molecule has 1 fully saturated rings. The minimum absolute atomic E-state index is 0.0705. The van der Waals surface area contributed by atoms with Gasteiger partial charge in [-0.2, -0.15) is 0 Å². The van der Waals surface area contributed by atoms with E-state index in [1.807, 2.05) is 18.4 Å². The number of aromatic nitrogens is 1. The van der Waals surface area contributed by atoms with Crippen LogP contribution in [0.2, 0.25) is 5.02 Å². The van der Waals surface area contributed by atoms with Crippen molar-refractivity contribution in [3.63, 3.8) is 0 Å². The summed E-state index contributed by atoms with van der Waals surface area (Å²) in [5.41, 5.74) is -0.108. The smallest absolute Gasteiger partial charge is 0.309 e. The Kier molecular flexibility index (Phi) is 4.61. The SMILES string of the molecule is CCn1cc(Cl)cc1C(=O)N1CCC(CC)(C(=O)O)CC1. The van der Waals surface area contributed by atoms with E-state index in [-0.39, 0.29) is 5.91 Å². The maximum atomic E-state index is 12.6. The normalized spacial score (nSPS) is 17.8. The summed E-state index contributed by atoms with van der Waals surface area (Å²) in [4.78, 5) is 25.7. The van der Waals surface area contributed by atoms with Gasteiger partial charge in [-0.15, -0.1) is 0 Å². The summed E-state index contributed by atoms with van der Waals surface area (Å²) in [5, 5.41) is 9.94. The van der Waals surface area contributed by atoms with Crippen LogP contribution in [-0.4, -0.2) is 39.5 Å². The van der Waals surface area contributed by atoms with Crippen LogP contribution in [0, 0.1) is 5.41 Å². The lowest BCUT2D eigenvalue weighted by Crippen LogP contribution is -2.46. The Labute approximate surface area is 129 Å². The number of carbonyl (C=O) groups excluding carboxylic acids is 1. The standard InChI is InChI=1S/C15H21ClN2O3/c1-3-15(14(20)21)5-7-18(8-6-15)13(19)12-9-11(16)10-17(12)4-2/h9-10H,3-8H2,1-2H3,(H,20,21). The monoisotopic (exact) mass is 312 g/mol. The molecule has 0 atom stereocenters. The molecule has 0 unspecified atom stereocenters. The third-order valence-electron chi connectivity index (χ3n) is 4.56. The molecule has 0 spiro atoms. The molecule has 21 heavy (non-hydrogen) atoms. The maximum Gasteiger partial charge on any atom is 0.309 e. The number of rotatable bonds is 4. The van der Waals surface area contributed by atoms with Gasteiger partial charge in [0.05, 0.1) is 10.4 Å². The summed E-state index contributed by atoms with van der Waals surface area (Å²) in [6.07, 6.45) is 3.35. The fourth-order valence-corrected chi connectivity index (χ4v) is 3.16. The number of carboxylic acids is 1. The first-order chi connectivity index (χ1) is 9.93. The van der Waals surface area contributed by atoms with Crippen molar-refractivity contribution < 1.29 is 14.7 Å². The molecule has 1 aromatic heterocycles. The highest BCUT2D eigenvalue weighted by atomic mass is 35.5. The molecule has 0 saturated carbocycles. The third kappa shape index (κ3) is 2.93. The van der Waals surface area contributed by atoms with Gasteiger partial charge in [-0.1, -0.05) is 18.5 Å². The molecule has 2 rings (SSSR count). The van der Waals surface area contributed by atoms with Crippen LogP contribution in [-0.2, 0) is 11.3 Å². The van der Waals surface area contributed by atoms with Crippen LogP contribution in [0.4, 0.5) is 0 Å². The highest BCUT2D eigenvalue weighted by Gasteiger charge is 2.41. The van der Waals surface area contributed by atoms with E-state index in [9.17, 15) is 14.7 Å². The molecule has 1 aliphatic rings. The van der Waals surface area contributed by atoms with Gasteiger partial charge >= 0.3 is 5.97 Å². The van der Waals surface area contributed by atoms with Crippen molar-refractivity contribution >= 4 is 23.5 Å². The van der Waals surface area contributed by atoms with Gasteiger partial charge in [0.15, 0.2) is 0 Å². The molecule has 2 heterocycles. The Morgan fingerprint density at radius 3 is 2.43 bits per heavy atom. The molecular formula is C15H21ClN2O3. The van der Waals surface area contributed by atoms with E-state index in [1.54, 1.807) is 17.2 Å². The van der Waals surface area contributed by atoms with E-state index in [2.05, 4.69) is 0 Å². The molecular weight excluding hydrogens is 292 g/mol. The van der Waals surface area contributed by atoms with E-state index in [1.165, 1.54) is 0 Å². The van der Waals surface area contributed by atoms with E-state index in [0.717, 1.165) is 0 Å². The van der Waals surface area contributed by atoms with Gasteiger partial charge in [0.25, 0.3) is 5.91 Å².